The van der Waals surface area contributed by atoms with Crippen molar-refractivity contribution in [2.24, 2.45) is 0 Å². The number of hydrogen-bond donors (Lipinski definition) is 0. The topological polar surface area (TPSA) is 25.8 Å². The van der Waals surface area contributed by atoms with Crippen molar-refractivity contribution >= 4 is 125 Å². The average Bonchev–Trinajstić information content (AvgIpc) is 2.20. The summed E-state index contributed by atoms with van der Waals surface area (Å²) in [6.07, 6.45) is 29.5. The van der Waals surface area contributed by atoms with Gasteiger partial charge in [-0.3, -0.25) is 0 Å². The highest BCUT2D eigenvalue weighted by Gasteiger charge is 2.21. The third kappa shape index (κ3) is 14.7. The second-order valence-corrected chi connectivity index (χ2v) is 31.3. The van der Waals surface area contributed by atoms with E-state index in [1.165, 1.54) is 206 Å². The van der Waals surface area contributed by atoms with Gasteiger partial charge in [-0.15, -0.1) is 90.7 Å². The van der Waals surface area contributed by atoms with Crippen molar-refractivity contribution in [1.29, 1.82) is 0 Å². The Balaban J connectivity index is 0.728. The zero-order valence-electron chi connectivity index (χ0n) is 50.3. The summed E-state index contributed by atoms with van der Waals surface area (Å²) in [6, 6.07) is 50.8. The zero-order valence-corrected chi connectivity index (χ0v) is 56.8. The van der Waals surface area contributed by atoms with E-state index in [2.05, 4.69) is 184 Å². The number of rotatable bonds is 30. The van der Waals surface area contributed by atoms with Gasteiger partial charge in [0, 0.05) is 69.3 Å². The molecular weight excluding hydrogens is 1200 g/mol. The molecule has 2 aromatic carbocycles. The molecule has 12 rings (SSSR count). The second kappa shape index (κ2) is 29.7. The quantitative estimate of drug-likeness (QED) is 0.0331. The molecule has 0 fully saturated rings. The number of thiophene rings is 8. The van der Waals surface area contributed by atoms with Gasteiger partial charge in [-0.1, -0.05) is 141 Å². The number of aromatic nitrogens is 2. The molecule has 10 heterocycles. The maximum absolute atomic E-state index is 5.30. The van der Waals surface area contributed by atoms with Crippen molar-refractivity contribution in [1.82, 2.24) is 9.97 Å². The highest BCUT2D eigenvalue weighted by atomic mass is 32.1. The van der Waals surface area contributed by atoms with Crippen LogP contribution in [0.2, 0.25) is 0 Å². The Labute approximate surface area is 543 Å². The minimum atomic E-state index is 1.03. The van der Waals surface area contributed by atoms with Crippen LogP contribution >= 0.6 is 90.7 Å². The Hall–Kier alpha value is -5.40. The molecule has 86 heavy (non-hydrogen) atoms. The lowest BCUT2D eigenvalue weighted by Gasteiger charge is -2.04. The van der Waals surface area contributed by atoms with Crippen molar-refractivity contribution in [3.05, 3.63) is 178 Å². The summed E-state index contributed by atoms with van der Waals surface area (Å²) in [4.78, 5) is 29.8. The minimum absolute atomic E-state index is 1.03. The molecule has 0 aliphatic rings. The molecule has 2 nitrogen and oxygen atoms in total. The fraction of sp³-hybridized carbons (Fsp3) is 0.316. The highest BCUT2D eigenvalue weighted by Crippen LogP contribution is 2.49. The lowest BCUT2D eigenvalue weighted by atomic mass is 10.0. The number of benzene rings is 2. The van der Waals surface area contributed by atoms with Gasteiger partial charge in [-0.25, -0.2) is 9.97 Å². The van der Waals surface area contributed by atoms with Gasteiger partial charge in [0.2, 0.25) is 0 Å². The lowest BCUT2D eigenvalue weighted by molar-refractivity contribution is 0.668. The van der Waals surface area contributed by atoms with Crippen LogP contribution in [0.25, 0.3) is 114 Å². The van der Waals surface area contributed by atoms with E-state index >= 15 is 0 Å². The van der Waals surface area contributed by atoms with Crippen LogP contribution in [0.15, 0.2) is 144 Å². The third-order valence-electron chi connectivity index (χ3n) is 16.5. The van der Waals surface area contributed by atoms with Crippen molar-refractivity contribution in [3.63, 3.8) is 0 Å². The smallest absolute Gasteiger partial charge is 0.0809 e. The predicted molar refractivity (Wildman–Crippen MR) is 390 cm³/mol. The van der Waals surface area contributed by atoms with E-state index in [9.17, 15) is 0 Å². The first kappa shape index (κ1) is 60.9. The van der Waals surface area contributed by atoms with E-state index < -0.39 is 0 Å². The number of nitrogens with zero attached hydrogens (tertiary/aromatic N) is 2. The Kier molecular flexibility index (Phi) is 21.0. The average molecular weight is 1280 g/mol. The van der Waals surface area contributed by atoms with Crippen LogP contribution in [-0.2, 0) is 25.7 Å². The maximum Gasteiger partial charge on any atom is 0.0809 e. The molecule has 12 aromatic rings. The molecule has 0 aliphatic carbocycles. The summed E-state index contributed by atoms with van der Waals surface area (Å²) in [7, 11) is 0. The first-order valence-electron chi connectivity index (χ1n) is 31.7. The van der Waals surface area contributed by atoms with Gasteiger partial charge in [0.25, 0.3) is 0 Å². The molecule has 0 amide bonds. The molecule has 0 saturated carbocycles. The molecule has 0 spiro atoms. The second-order valence-electron chi connectivity index (χ2n) is 23.0. The third-order valence-corrected chi connectivity index (χ3v) is 26.3. The van der Waals surface area contributed by atoms with Gasteiger partial charge in [-0.05, 0) is 205 Å². The first-order chi connectivity index (χ1) is 42.4. The summed E-state index contributed by atoms with van der Waals surface area (Å²) >= 11 is 15.4. The standard InChI is InChI=1S/C76H78N2S8/c1-5-9-13-17-21-53-43-45-79-73(53)67-39-35-63(81-67)65-37-41-69(83-65)75-57(23-19-15-11-7-3)49-71(85-75)61-33-29-55-47-51(27-31-59(55)77-61)25-26-52-28-32-60-56(48-52)30-34-62(78-60)72-50-58(24-20-16-12-8-4)76(86-72)70-42-38-66(84-70)64-36-40-68(82-64)74-54(44-46-80-74)22-18-14-10-6-2/h25-50H,5-24H2,1-4H3/b26-25+. The predicted octanol–water partition coefficient (Wildman–Crippen LogP) is 27.3. The van der Waals surface area contributed by atoms with Crippen LogP contribution in [0.5, 0.6) is 0 Å². The minimum Gasteiger partial charge on any atom is -0.247 e. The van der Waals surface area contributed by atoms with Crippen molar-refractivity contribution in [3.8, 4) is 79.7 Å². The molecule has 10 aromatic heterocycles. The largest absolute Gasteiger partial charge is 0.247 e. The van der Waals surface area contributed by atoms with E-state index in [1.54, 1.807) is 0 Å². The van der Waals surface area contributed by atoms with E-state index in [0.717, 1.165) is 57.2 Å². The van der Waals surface area contributed by atoms with Gasteiger partial charge in [-0.2, -0.15) is 0 Å². The van der Waals surface area contributed by atoms with Crippen LogP contribution in [0.3, 0.4) is 0 Å². The van der Waals surface area contributed by atoms with E-state index in [1.807, 2.05) is 90.7 Å². The molecule has 440 valence electrons. The first-order valence-corrected chi connectivity index (χ1v) is 38.4. The van der Waals surface area contributed by atoms with Crippen molar-refractivity contribution in [2.45, 2.75) is 156 Å². The molecule has 10 heteroatoms. The molecule has 0 atom stereocenters. The summed E-state index contributed by atoms with van der Waals surface area (Å²) in [5.41, 5.74) is 12.4. The van der Waals surface area contributed by atoms with Crippen LogP contribution < -0.4 is 0 Å². The SMILES string of the molecule is CCCCCCc1ccsc1-c1ccc(-c2ccc(-c3sc(-c4ccc5cc(/C=C/c6ccc7nc(-c8cc(CCCCCC)c(-c9ccc(-c%10ccc(-c%11sccc%11CCCCCC)s%10)s9)s8)ccc7c6)ccc5n4)cc3CCCCCC)s2)s1. The van der Waals surface area contributed by atoms with Gasteiger partial charge in [0.05, 0.1) is 32.2 Å². The van der Waals surface area contributed by atoms with Crippen molar-refractivity contribution < 1.29 is 0 Å². The number of hydrogen-bond acceptors (Lipinski definition) is 10. The van der Waals surface area contributed by atoms with Gasteiger partial charge < -0.3 is 0 Å². The lowest BCUT2D eigenvalue weighted by Crippen LogP contribution is -1.86. The van der Waals surface area contributed by atoms with E-state index in [-0.39, 0.29) is 0 Å². The Morgan fingerprint density at radius 1 is 0.291 bits per heavy atom. The molecular formula is C76H78N2S8. The van der Waals surface area contributed by atoms with Crippen LogP contribution in [-0.4, -0.2) is 9.97 Å². The molecule has 0 aliphatic heterocycles. The van der Waals surface area contributed by atoms with Crippen LogP contribution in [0.4, 0.5) is 0 Å². The monoisotopic (exact) mass is 1270 g/mol. The van der Waals surface area contributed by atoms with Gasteiger partial charge in [0.15, 0.2) is 0 Å². The van der Waals surface area contributed by atoms with Crippen LogP contribution in [0, 0.1) is 0 Å². The maximum atomic E-state index is 5.30. The molecule has 0 bridgehead atoms. The zero-order chi connectivity index (χ0) is 58.6. The molecule has 0 radical (unpaired) electrons. The number of unbranched alkanes of at least 4 members (excludes halogenated alkanes) is 12. The highest BCUT2D eigenvalue weighted by molar-refractivity contribution is 7.30. The summed E-state index contributed by atoms with van der Waals surface area (Å²) in [6.45, 7) is 9.18. The number of fused-ring (bicyclic) bond motifs is 2. The molecule has 0 saturated heterocycles. The summed E-state index contributed by atoms with van der Waals surface area (Å²) < 4.78 is 0. The normalized spacial score (nSPS) is 11.9. The summed E-state index contributed by atoms with van der Waals surface area (Å²) in [5, 5.41) is 6.87. The van der Waals surface area contributed by atoms with Gasteiger partial charge in [0.1, 0.15) is 0 Å². The van der Waals surface area contributed by atoms with Crippen molar-refractivity contribution in [2.75, 3.05) is 0 Å². The fourth-order valence-corrected chi connectivity index (χ4v) is 20.8. The number of aryl methyl sites for hydroxylation is 4. The Morgan fingerprint density at radius 3 is 1.01 bits per heavy atom. The summed E-state index contributed by atoms with van der Waals surface area (Å²) in [5.74, 6) is 0. The molecule has 0 unspecified atom stereocenters. The Morgan fingerprint density at radius 2 is 0.640 bits per heavy atom. The fourth-order valence-electron chi connectivity index (χ4n) is 11.7. The Bertz CT molecular complexity index is 3910. The van der Waals surface area contributed by atoms with Crippen LogP contribution in [0.1, 0.15) is 164 Å². The molecule has 0 N–H and O–H groups in total. The van der Waals surface area contributed by atoms with Gasteiger partial charge >= 0.3 is 0 Å². The van der Waals surface area contributed by atoms with E-state index in [0.29, 0.717) is 0 Å². The number of pyridine rings is 2. The van der Waals surface area contributed by atoms with E-state index in [4.69, 9.17) is 9.97 Å².